The number of ether oxygens (including phenoxy) is 2. The van der Waals surface area contributed by atoms with Gasteiger partial charge in [-0.25, -0.2) is 0 Å². The lowest BCUT2D eigenvalue weighted by Crippen LogP contribution is -2.19. The van der Waals surface area contributed by atoms with Gasteiger partial charge in [0.05, 0.1) is 6.61 Å². The van der Waals surface area contributed by atoms with E-state index in [1.165, 1.54) is 6.92 Å². The Hall–Kier alpha value is -0.780. The second-order valence-corrected chi connectivity index (χ2v) is 2.01. The molecular formula is C6H9F3O3. The molecule has 0 saturated heterocycles. The van der Waals surface area contributed by atoms with E-state index in [1.807, 2.05) is 0 Å². The van der Waals surface area contributed by atoms with E-state index in [0.717, 1.165) is 0 Å². The number of alkyl halides is 3. The second-order valence-electron chi connectivity index (χ2n) is 2.01. The molecule has 12 heavy (non-hydrogen) atoms. The average Bonchev–Trinajstić information content (AvgIpc) is 1.83. The largest absolute Gasteiger partial charge is 0.463 e. The van der Waals surface area contributed by atoms with E-state index in [4.69, 9.17) is 0 Å². The maximum Gasteiger partial charge on any atom is 0.411 e. The highest BCUT2D eigenvalue weighted by atomic mass is 19.4. The summed E-state index contributed by atoms with van der Waals surface area (Å²) in [5.74, 6) is -0.536. The van der Waals surface area contributed by atoms with Gasteiger partial charge >= 0.3 is 12.1 Å². The van der Waals surface area contributed by atoms with Crippen molar-refractivity contribution in [3.63, 3.8) is 0 Å². The number of halogens is 3. The van der Waals surface area contributed by atoms with E-state index in [1.54, 1.807) is 0 Å². The van der Waals surface area contributed by atoms with Crippen molar-refractivity contribution in [3.8, 4) is 0 Å². The molecule has 3 nitrogen and oxygen atoms in total. The highest BCUT2D eigenvalue weighted by molar-refractivity contribution is 5.65. The van der Waals surface area contributed by atoms with E-state index in [9.17, 15) is 18.0 Å². The smallest absolute Gasteiger partial charge is 0.411 e. The van der Waals surface area contributed by atoms with Gasteiger partial charge in [-0.2, -0.15) is 13.2 Å². The third-order valence-corrected chi connectivity index (χ3v) is 0.799. The van der Waals surface area contributed by atoms with Gasteiger partial charge in [-0.3, -0.25) is 4.79 Å². The predicted molar refractivity (Wildman–Crippen MR) is 33.5 cm³/mol. The number of hydrogen-bond acceptors (Lipinski definition) is 3. The minimum atomic E-state index is -4.32. The Bertz CT molecular complexity index is 143. The maximum absolute atomic E-state index is 11.4. The Morgan fingerprint density at radius 3 is 2.33 bits per heavy atom. The Balaban J connectivity index is 3.17. The summed E-state index contributed by atoms with van der Waals surface area (Å²) in [6, 6.07) is 0. The summed E-state index contributed by atoms with van der Waals surface area (Å²) in [6.07, 6.45) is -4.32. The Morgan fingerprint density at radius 2 is 1.92 bits per heavy atom. The molecule has 0 aromatic carbocycles. The van der Waals surface area contributed by atoms with Crippen LogP contribution in [0.2, 0.25) is 0 Å². The van der Waals surface area contributed by atoms with Crippen molar-refractivity contribution in [2.24, 2.45) is 0 Å². The molecule has 0 aliphatic rings. The molecule has 0 amide bonds. The molecule has 0 aromatic rings. The monoisotopic (exact) mass is 186 g/mol. The number of hydrogen-bond donors (Lipinski definition) is 0. The average molecular weight is 186 g/mol. The molecule has 0 rings (SSSR count). The zero-order valence-electron chi connectivity index (χ0n) is 6.48. The summed E-state index contributed by atoms with van der Waals surface area (Å²) in [5.41, 5.74) is 0. The summed E-state index contributed by atoms with van der Waals surface area (Å²) < 4.78 is 42.7. The molecule has 0 radical (unpaired) electrons. The van der Waals surface area contributed by atoms with E-state index in [-0.39, 0.29) is 13.2 Å². The van der Waals surface area contributed by atoms with Gasteiger partial charge in [-0.05, 0) is 0 Å². The highest BCUT2D eigenvalue weighted by Crippen LogP contribution is 2.13. The molecule has 0 saturated carbocycles. The van der Waals surface area contributed by atoms with E-state index in [2.05, 4.69) is 9.47 Å². The molecule has 0 bridgehead atoms. The number of carbonyl (C=O) groups excluding carboxylic acids is 1. The molecule has 0 fully saturated rings. The van der Waals surface area contributed by atoms with Gasteiger partial charge in [-0.1, -0.05) is 0 Å². The van der Waals surface area contributed by atoms with Crippen LogP contribution >= 0.6 is 0 Å². The summed E-state index contributed by atoms with van der Waals surface area (Å²) in [5, 5.41) is 0. The van der Waals surface area contributed by atoms with Crippen LogP contribution in [-0.4, -0.2) is 32.0 Å². The van der Waals surface area contributed by atoms with Crippen LogP contribution in [0.25, 0.3) is 0 Å². The quantitative estimate of drug-likeness (QED) is 0.487. The normalized spacial score (nSPS) is 11.3. The van der Waals surface area contributed by atoms with Gasteiger partial charge in [0.1, 0.15) is 13.2 Å². The minimum Gasteiger partial charge on any atom is -0.463 e. The second kappa shape index (κ2) is 4.97. The van der Waals surface area contributed by atoms with Crippen molar-refractivity contribution in [2.75, 3.05) is 19.8 Å². The van der Waals surface area contributed by atoms with Gasteiger partial charge in [0.25, 0.3) is 0 Å². The Morgan fingerprint density at radius 1 is 1.33 bits per heavy atom. The van der Waals surface area contributed by atoms with Crippen LogP contribution < -0.4 is 0 Å². The molecule has 0 aromatic heterocycles. The first-order valence-corrected chi connectivity index (χ1v) is 3.19. The van der Waals surface area contributed by atoms with Crippen molar-refractivity contribution in [3.05, 3.63) is 0 Å². The van der Waals surface area contributed by atoms with Crippen LogP contribution in [0.4, 0.5) is 13.2 Å². The molecule has 0 aliphatic carbocycles. The first-order valence-electron chi connectivity index (χ1n) is 3.19. The molecule has 6 heteroatoms. The van der Waals surface area contributed by atoms with Crippen molar-refractivity contribution in [1.29, 1.82) is 0 Å². The first-order chi connectivity index (χ1) is 5.42. The van der Waals surface area contributed by atoms with Crippen LogP contribution in [0, 0.1) is 0 Å². The molecular weight excluding hydrogens is 177 g/mol. The minimum absolute atomic E-state index is 0.147. The summed E-state index contributed by atoms with van der Waals surface area (Å²) in [4.78, 5) is 10.1. The van der Waals surface area contributed by atoms with Crippen molar-refractivity contribution in [1.82, 2.24) is 0 Å². The number of esters is 1. The summed E-state index contributed by atoms with van der Waals surface area (Å²) >= 11 is 0. The highest BCUT2D eigenvalue weighted by Gasteiger charge is 2.27. The number of carbonyl (C=O) groups is 1. The fourth-order valence-corrected chi connectivity index (χ4v) is 0.432. The topological polar surface area (TPSA) is 35.5 Å². The first kappa shape index (κ1) is 11.2. The SMILES string of the molecule is CC(=O)OCCOCC(F)(F)F. The van der Waals surface area contributed by atoms with E-state index >= 15 is 0 Å². The van der Waals surface area contributed by atoms with Gasteiger partial charge in [0.15, 0.2) is 0 Å². The summed E-state index contributed by atoms with van der Waals surface area (Å²) in [7, 11) is 0. The Kier molecular flexibility index (Phi) is 4.65. The molecule has 0 unspecified atom stereocenters. The molecule has 0 aliphatic heterocycles. The van der Waals surface area contributed by atoms with Gasteiger partial charge in [0.2, 0.25) is 0 Å². The van der Waals surface area contributed by atoms with Gasteiger partial charge in [-0.15, -0.1) is 0 Å². The van der Waals surface area contributed by atoms with Crippen molar-refractivity contribution >= 4 is 5.97 Å². The molecule has 0 N–H and O–H groups in total. The lowest BCUT2D eigenvalue weighted by molar-refractivity contribution is -0.177. The zero-order valence-corrected chi connectivity index (χ0v) is 6.48. The standard InChI is InChI=1S/C6H9F3O3/c1-5(10)12-3-2-11-4-6(7,8)9/h2-4H2,1H3. The zero-order chi connectivity index (χ0) is 9.61. The lowest BCUT2D eigenvalue weighted by atomic mass is 10.7. The molecule has 0 atom stereocenters. The van der Waals surface area contributed by atoms with Crippen LogP contribution in [-0.2, 0) is 14.3 Å². The van der Waals surface area contributed by atoms with Crippen LogP contribution in [0.15, 0.2) is 0 Å². The third kappa shape index (κ3) is 9.22. The van der Waals surface area contributed by atoms with Gasteiger partial charge < -0.3 is 9.47 Å². The fraction of sp³-hybridized carbons (Fsp3) is 0.833. The van der Waals surface area contributed by atoms with Crippen LogP contribution in [0.5, 0.6) is 0 Å². The summed E-state index contributed by atoms with van der Waals surface area (Å²) in [6.45, 7) is -0.525. The lowest BCUT2D eigenvalue weighted by Gasteiger charge is -2.06. The fourth-order valence-electron chi connectivity index (χ4n) is 0.432. The van der Waals surface area contributed by atoms with Crippen molar-refractivity contribution in [2.45, 2.75) is 13.1 Å². The van der Waals surface area contributed by atoms with E-state index in [0.29, 0.717) is 0 Å². The Labute approximate surface area is 67.4 Å². The third-order valence-electron chi connectivity index (χ3n) is 0.799. The number of rotatable bonds is 4. The van der Waals surface area contributed by atoms with Crippen LogP contribution in [0.1, 0.15) is 6.92 Å². The molecule has 0 heterocycles. The van der Waals surface area contributed by atoms with Gasteiger partial charge in [0, 0.05) is 6.92 Å². The van der Waals surface area contributed by atoms with Crippen LogP contribution in [0.3, 0.4) is 0 Å². The molecule has 0 spiro atoms. The van der Waals surface area contributed by atoms with Crippen molar-refractivity contribution < 1.29 is 27.4 Å². The predicted octanol–water partition coefficient (Wildman–Crippen LogP) is 1.13. The maximum atomic E-state index is 11.4. The van der Waals surface area contributed by atoms with E-state index < -0.39 is 18.8 Å². The molecule has 72 valence electrons.